The lowest BCUT2D eigenvalue weighted by molar-refractivity contribution is 0.601. The first kappa shape index (κ1) is 19.5. The molecule has 0 aliphatic heterocycles. The minimum atomic E-state index is -3.68. The Balaban J connectivity index is 1.44. The highest BCUT2D eigenvalue weighted by Crippen LogP contribution is 2.36. The molecule has 1 aromatic heterocycles. The topological polar surface area (TPSA) is 59.1 Å². The van der Waals surface area contributed by atoms with Crippen LogP contribution in [0.3, 0.4) is 0 Å². The monoisotopic (exact) mass is 454 g/mol. The summed E-state index contributed by atoms with van der Waals surface area (Å²) in [6, 6.07) is 16.7. The van der Waals surface area contributed by atoms with Crippen molar-refractivity contribution >= 4 is 48.9 Å². The standard InChI is InChI=1S/C23H19ClN2O2S2/c1-14-5-10-21-22(11-14)29-23(25-21)19-9-7-17(13-20(19)24)26-30(27,28)18-8-6-15-3-2-4-16(15)12-18/h5-13,26H,2-4H2,1H3. The molecule has 30 heavy (non-hydrogen) atoms. The van der Waals surface area contributed by atoms with E-state index in [-0.39, 0.29) is 4.90 Å². The number of hydrogen-bond donors (Lipinski definition) is 1. The summed E-state index contributed by atoms with van der Waals surface area (Å²) in [6.07, 6.45) is 3.03. The van der Waals surface area contributed by atoms with E-state index in [1.807, 2.05) is 31.2 Å². The van der Waals surface area contributed by atoms with Gasteiger partial charge in [0, 0.05) is 5.56 Å². The van der Waals surface area contributed by atoms with Crippen molar-refractivity contribution in [3.05, 3.63) is 76.3 Å². The van der Waals surface area contributed by atoms with Gasteiger partial charge in [0.05, 0.1) is 25.8 Å². The number of thiazole rings is 1. The molecule has 0 unspecified atom stereocenters. The van der Waals surface area contributed by atoms with E-state index in [0.717, 1.165) is 45.6 Å². The van der Waals surface area contributed by atoms with Gasteiger partial charge in [0.2, 0.25) is 0 Å². The van der Waals surface area contributed by atoms with Crippen LogP contribution in [0.2, 0.25) is 5.02 Å². The molecule has 0 saturated carbocycles. The molecule has 0 spiro atoms. The Morgan fingerprint density at radius 2 is 1.83 bits per heavy atom. The number of nitrogens with zero attached hydrogens (tertiary/aromatic N) is 1. The number of nitrogens with one attached hydrogen (secondary N) is 1. The number of fused-ring (bicyclic) bond motifs is 2. The number of aromatic nitrogens is 1. The summed E-state index contributed by atoms with van der Waals surface area (Å²) in [4.78, 5) is 4.95. The van der Waals surface area contributed by atoms with Crippen LogP contribution in [0.25, 0.3) is 20.8 Å². The first-order valence-corrected chi connectivity index (χ1v) is 12.4. The van der Waals surface area contributed by atoms with Crippen molar-refractivity contribution < 1.29 is 8.42 Å². The minimum absolute atomic E-state index is 0.282. The molecule has 3 aromatic carbocycles. The third kappa shape index (κ3) is 3.60. The van der Waals surface area contributed by atoms with Crippen molar-refractivity contribution in [3.63, 3.8) is 0 Å². The van der Waals surface area contributed by atoms with E-state index < -0.39 is 10.0 Å². The minimum Gasteiger partial charge on any atom is -0.280 e. The van der Waals surface area contributed by atoms with Crippen LogP contribution in [0.1, 0.15) is 23.1 Å². The fourth-order valence-electron chi connectivity index (χ4n) is 3.83. The van der Waals surface area contributed by atoms with Crippen molar-refractivity contribution in [2.24, 2.45) is 0 Å². The molecule has 1 aliphatic rings. The van der Waals surface area contributed by atoms with E-state index in [1.54, 1.807) is 35.6 Å². The molecule has 1 heterocycles. The van der Waals surface area contributed by atoms with E-state index in [2.05, 4.69) is 15.8 Å². The molecule has 0 bridgehead atoms. The highest BCUT2D eigenvalue weighted by Gasteiger charge is 2.19. The number of anilines is 1. The summed E-state index contributed by atoms with van der Waals surface area (Å²) in [5.74, 6) is 0. The maximum Gasteiger partial charge on any atom is 0.261 e. The van der Waals surface area contributed by atoms with Crippen LogP contribution >= 0.6 is 22.9 Å². The molecule has 0 radical (unpaired) electrons. The Hall–Kier alpha value is -2.41. The number of aryl methyl sites for hydroxylation is 3. The Kier molecular flexibility index (Phi) is 4.81. The normalized spacial score (nSPS) is 13.5. The second-order valence-corrected chi connectivity index (χ2v) is 10.7. The van der Waals surface area contributed by atoms with Crippen molar-refractivity contribution in [2.75, 3.05) is 4.72 Å². The largest absolute Gasteiger partial charge is 0.280 e. The fraction of sp³-hybridized carbons (Fsp3) is 0.174. The van der Waals surface area contributed by atoms with E-state index in [1.165, 1.54) is 11.1 Å². The van der Waals surface area contributed by atoms with Crippen LogP contribution in [-0.4, -0.2) is 13.4 Å². The Morgan fingerprint density at radius 3 is 2.67 bits per heavy atom. The molecular weight excluding hydrogens is 436 g/mol. The van der Waals surface area contributed by atoms with E-state index in [9.17, 15) is 8.42 Å². The van der Waals surface area contributed by atoms with Crippen LogP contribution in [0.4, 0.5) is 5.69 Å². The SMILES string of the molecule is Cc1ccc2nc(-c3ccc(NS(=O)(=O)c4ccc5c(c4)CCC5)cc3Cl)sc2c1. The van der Waals surface area contributed by atoms with E-state index in [4.69, 9.17) is 11.6 Å². The molecular formula is C23H19ClN2O2S2. The van der Waals surface area contributed by atoms with Gasteiger partial charge in [0.25, 0.3) is 10.0 Å². The summed E-state index contributed by atoms with van der Waals surface area (Å²) in [5.41, 5.74) is 5.69. The van der Waals surface area contributed by atoms with Gasteiger partial charge in [-0.25, -0.2) is 13.4 Å². The molecule has 0 amide bonds. The highest BCUT2D eigenvalue weighted by atomic mass is 35.5. The van der Waals surface area contributed by atoms with Crippen LogP contribution in [0, 0.1) is 6.92 Å². The molecule has 1 N–H and O–H groups in total. The molecule has 5 rings (SSSR count). The van der Waals surface area contributed by atoms with Gasteiger partial charge >= 0.3 is 0 Å². The van der Waals surface area contributed by atoms with Crippen LogP contribution in [0.5, 0.6) is 0 Å². The number of rotatable bonds is 4. The molecule has 1 aliphatic carbocycles. The molecule has 4 aromatic rings. The molecule has 152 valence electrons. The maximum atomic E-state index is 12.9. The predicted molar refractivity (Wildman–Crippen MR) is 124 cm³/mol. The van der Waals surface area contributed by atoms with Crippen molar-refractivity contribution in [2.45, 2.75) is 31.1 Å². The molecule has 0 atom stereocenters. The van der Waals surface area contributed by atoms with Crippen LogP contribution < -0.4 is 4.72 Å². The summed E-state index contributed by atoms with van der Waals surface area (Å²) in [6.45, 7) is 2.05. The summed E-state index contributed by atoms with van der Waals surface area (Å²) in [5, 5.41) is 1.27. The second kappa shape index (κ2) is 7.38. The van der Waals surface area contributed by atoms with Crippen LogP contribution in [0.15, 0.2) is 59.5 Å². The Morgan fingerprint density at radius 1 is 1.00 bits per heavy atom. The van der Waals surface area contributed by atoms with Gasteiger partial charge in [0.1, 0.15) is 5.01 Å². The Bertz CT molecular complexity index is 1390. The number of hydrogen-bond acceptors (Lipinski definition) is 4. The van der Waals surface area contributed by atoms with Gasteiger partial charge < -0.3 is 0 Å². The van der Waals surface area contributed by atoms with Gasteiger partial charge in [-0.05, 0) is 85.3 Å². The maximum absolute atomic E-state index is 12.9. The molecule has 0 saturated heterocycles. The quantitative estimate of drug-likeness (QED) is 0.398. The lowest BCUT2D eigenvalue weighted by atomic mass is 10.1. The van der Waals surface area contributed by atoms with E-state index >= 15 is 0 Å². The van der Waals surface area contributed by atoms with Crippen molar-refractivity contribution in [3.8, 4) is 10.6 Å². The highest BCUT2D eigenvalue weighted by molar-refractivity contribution is 7.92. The van der Waals surface area contributed by atoms with Gasteiger partial charge in [-0.3, -0.25) is 4.72 Å². The van der Waals surface area contributed by atoms with Gasteiger partial charge in [-0.2, -0.15) is 0 Å². The predicted octanol–water partition coefficient (Wildman–Crippen LogP) is 6.21. The first-order chi connectivity index (χ1) is 14.4. The van der Waals surface area contributed by atoms with Gasteiger partial charge in [0.15, 0.2) is 0 Å². The molecule has 0 fully saturated rings. The van der Waals surface area contributed by atoms with Gasteiger partial charge in [-0.15, -0.1) is 11.3 Å². The average molecular weight is 455 g/mol. The van der Waals surface area contributed by atoms with E-state index in [0.29, 0.717) is 10.7 Å². The zero-order valence-electron chi connectivity index (χ0n) is 16.3. The molecule has 4 nitrogen and oxygen atoms in total. The second-order valence-electron chi connectivity index (χ2n) is 7.57. The Labute approximate surface area is 184 Å². The van der Waals surface area contributed by atoms with Crippen molar-refractivity contribution in [1.29, 1.82) is 0 Å². The zero-order valence-corrected chi connectivity index (χ0v) is 18.7. The summed E-state index contributed by atoms with van der Waals surface area (Å²) in [7, 11) is -3.68. The third-order valence-electron chi connectivity index (χ3n) is 5.38. The van der Waals surface area contributed by atoms with Crippen LogP contribution in [-0.2, 0) is 22.9 Å². The lowest BCUT2D eigenvalue weighted by Gasteiger charge is -2.11. The molecule has 7 heteroatoms. The van der Waals surface area contributed by atoms with Gasteiger partial charge in [-0.1, -0.05) is 23.7 Å². The van der Waals surface area contributed by atoms with Crippen molar-refractivity contribution in [1.82, 2.24) is 4.98 Å². The smallest absolute Gasteiger partial charge is 0.261 e. The number of benzene rings is 3. The third-order valence-corrected chi connectivity index (χ3v) is 8.12. The first-order valence-electron chi connectivity index (χ1n) is 9.71. The zero-order chi connectivity index (χ0) is 20.9. The number of sulfonamides is 1. The number of halogens is 1. The average Bonchev–Trinajstić information content (AvgIpc) is 3.33. The summed E-state index contributed by atoms with van der Waals surface area (Å²) >= 11 is 8.08. The lowest BCUT2D eigenvalue weighted by Crippen LogP contribution is -2.13. The summed E-state index contributed by atoms with van der Waals surface area (Å²) < 4.78 is 29.5. The fourth-order valence-corrected chi connectivity index (χ4v) is 6.36.